The van der Waals surface area contributed by atoms with E-state index in [1.54, 1.807) is 17.0 Å². The summed E-state index contributed by atoms with van der Waals surface area (Å²) < 4.78 is 10.7. The number of amides is 2. The zero-order valence-electron chi connectivity index (χ0n) is 17.5. The molecule has 0 aromatic heterocycles. The fourth-order valence-electron chi connectivity index (χ4n) is 2.71. The second kappa shape index (κ2) is 8.47. The lowest BCUT2D eigenvalue weighted by molar-refractivity contribution is 0.0240. The first-order valence-corrected chi connectivity index (χ1v) is 9.74. The van der Waals surface area contributed by atoms with E-state index < -0.39 is 17.3 Å². The van der Waals surface area contributed by atoms with E-state index in [1.807, 2.05) is 47.6 Å². The molecule has 8 heteroatoms. The molecule has 2 amide bonds. The van der Waals surface area contributed by atoms with Crippen molar-refractivity contribution >= 4 is 35.2 Å². The Morgan fingerprint density at radius 1 is 0.964 bits per heavy atom. The standard InChI is InChI=1S/C20H30ClN3O4/c1-19(2,3)27-17(25)22-14-7-8-15(21)16(13-14)23-9-11-24(12-10-23)18(26)28-20(4,5)6/h7-8,13H,9-12H2,1-6H3,(H,22,25). The minimum atomic E-state index is -0.572. The van der Waals surface area contributed by atoms with E-state index in [9.17, 15) is 9.59 Å². The van der Waals surface area contributed by atoms with Gasteiger partial charge >= 0.3 is 12.2 Å². The van der Waals surface area contributed by atoms with Crippen LogP contribution in [-0.2, 0) is 9.47 Å². The lowest BCUT2D eigenvalue weighted by Crippen LogP contribution is -2.50. The molecule has 2 rings (SSSR count). The summed E-state index contributed by atoms with van der Waals surface area (Å²) in [5.74, 6) is 0. The Hall–Kier alpha value is -2.15. The summed E-state index contributed by atoms with van der Waals surface area (Å²) in [6, 6.07) is 5.28. The molecule has 156 valence electrons. The van der Waals surface area contributed by atoms with Crippen LogP contribution in [0.3, 0.4) is 0 Å². The molecule has 0 atom stereocenters. The van der Waals surface area contributed by atoms with Crippen molar-refractivity contribution in [3.05, 3.63) is 23.2 Å². The summed E-state index contributed by atoms with van der Waals surface area (Å²) in [7, 11) is 0. The molecule has 1 aromatic rings. The fraction of sp³-hybridized carbons (Fsp3) is 0.600. The molecule has 28 heavy (non-hydrogen) atoms. The highest BCUT2D eigenvalue weighted by Crippen LogP contribution is 2.30. The zero-order chi connectivity index (χ0) is 21.1. The number of benzene rings is 1. The van der Waals surface area contributed by atoms with E-state index in [-0.39, 0.29) is 6.09 Å². The van der Waals surface area contributed by atoms with Crippen molar-refractivity contribution in [1.82, 2.24) is 4.90 Å². The Kier molecular flexibility index (Phi) is 6.70. The van der Waals surface area contributed by atoms with Crippen molar-refractivity contribution in [3.8, 4) is 0 Å². The Labute approximate surface area is 171 Å². The molecule has 1 aliphatic heterocycles. The summed E-state index contributed by atoms with van der Waals surface area (Å²) in [6.45, 7) is 13.3. The van der Waals surface area contributed by atoms with Gasteiger partial charge in [-0.25, -0.2) is 9.59 Å². The third-order valence-corrected chi connectivity index (χ3v) is 4.18. The second-order valence-electron chi connectivity index (χ2n) is 8.75. The quantitative estimate of drug-likeness (QED) is 0.760. The second-order valence-corrected chi connectivity index (χ2v) is 9.15. The number of carbonyl (C=O) groups is 2. The third-order valence-electron chi connectivity index (χ3n) is 3.86. The first-order chi connectivity index (χ1) is 12.8. The predicted molar refractivity (Wildman–Crippen MR) is 111 cm³/mol. The highest BCUT2D eigenvalue weighted by molar-refractivity contribution is 6.33. The van der Waals surface area contributed by atoms with Gasteiger partial charge in [-0.1, -0.05) is 11.6 Å². The third kappa shape index (κ3) is 6.78. The normalized spacial score (nSPS) is 15.2. The average molecular weight is 412 g/mol. The molecule has 0 aliphatic carbocycles. The topological polar surface area (TPSA) is 71.1 Å². The van der Waals surface area contributed by atoms with Gasteiger partial charge in [-0.2, -0.15) is 0 Å². The van der Waals surface area contributed by atoms with Crippen molar-refractivity contribution in [1.29, 1.82) is 0 Å². The van der Waals surface area contributed by atoms with Crippen LogP contribution < -0.4 is 10.2 Å². The minimum absolute atomic E-state index is 0.307. The molecule has 0 saturated carbocycles. The zero-order valence-corrected chi connectivity index (χ0v) is 18.2. The number of anilines is 2. The van der Waals surface area contributed by atoms with E-state index in [0.717, 1.165) is 5.69 Å². The summed E-state index contributed by atoms with van der Waals surface area (Å²) in [6.07, 6.45) is -0.825. The number of carbonyl (C=O) groups excluding carboxylic acids is 2. The van der Waals surface area contributed by atoms with E-state index >= 15 is 0 Å². The highest BCUT2D eigenvalue weighted by atomic mass is 35.5. The Balaban J connectivity index is 2.01. The Morgan fingerprint density at radius 2 is 1.54 bits per heavy atom. The minimum Gasteiger partial charge on any atom is -0.444 e. The Morgan fingerprint density at radius 3 is 2.07 bits per heavy atom. The average Bonchev–Trinajstić information content (AvgIpc) is 2.53. The van der Waals surface area contributed by atoms with Crippen molar-refractivity contribution < 1.29 is 19.1 Å². The van der Waals surface area contributed by atoms with E-state index in [0.29, 0.717) is 36.9 Å². The summed E-state index contributed by atoms with van der Waals surface area (Å²) in [5.41, 5.74) is 0.318. The number of hydrogen-bond acceptors (Lipinski definition) is 5. The van der Waals surface area contributed by atoms with E-state index in [4.69, 9.17) is 21.1 Å². The maximum absolute atomic E-state index is 12.2. The number of piperazine rings is 1. The van der Waals surface area contributed by atoms with Gasteiger partial charge in [0.1, 0.15) is 11.2 Å². The van der Waals surface area contributed by atoms with Crippen LogP contribution in [-0.4, -0.2) is 54.5 Å². The predicted octanol–water partition coefficient (Wildman–Crippen LogP) is 4.74. The molecule has 0 spiro atoms. The van der Waals surface area contributed by atoms with E-state index in [2.05, 4.69) is 10.2 Å². The molecule has 0 unspecified atom stereocenters. The number of nitrogens with one attached hydrogen (secondary N) is 1. The van der Waals surface area contributed by atoms with Crippen LogP contribution in [0.25, 0.3) is 0 Å². The van der Waals surface area contributed by atoms with Gasteiger partial charge in [0.05, 0.1) is 10.7 Å². The molecule has 1 aromatic carbocycles. The first kappa shape index (κ1) is 22.1. The van der Waals surface area contributed by atoms with Crippen molar-refractivity contribution in [2.24, 2.45) is 0 Å². The molecule has 7 nitrogen and oxygen atoms in total. The van der Waals surface area contributed by atoms with Crippen LogP contribution >= 0.6 is 11.6 Å². The van der Waals surface area contributed by atoms with Gasteiger partial charge < -0.3 is 19.3 Å². The lowest BCUT2D eigenvalue weighted by Gasteiger charge is -2.37. The maximum Gasteiger partial charge on any atom is 0.412 e. The number of hydrogen-bond donors (Lipinski definition) is 1. The molecular formula is C20H30ClN3O4. The van der Waals surface area contributed by atoms with Gasteiger partial charge in [-0.15, -0.1) is 0 Å². The number of nitrogens with zero attached hydrogens (tertiary/aromatic N) is 2. The van der Waals surface area contributed by atoms with Gasteiger partial charge in [0.25, 0.3) is 0 Å². The monoisotopic (exact) mass is 411 g/mol. The van der Waals surface area contributed by atoms with Crippen molar-refractivity contribution in [2.75, 3.05) is 36.4 Å². The van der Waals surface area contributed by atoms with Gasteiger partial charge in [0.15, 0.2) is 0 Å². The summed E-state index contributed by atoms with van der Waals surface area (Å²) in [5, 5.41) is 3.31. The van der Waals surface area contributed by atoms with Crippen LogP contribution in [0.15, 0.2) is 18.2 Å². The first-order valence-electron chi connectivity index (χ1n) is 9.36. The lowest BCUT2D eigenvalue weighted by atomic mass is 10.2. The van der Waals surface area contributed by atoms with Crippen molar-refractivity contribution in [3.63, 3.8) is 0 Å². The smallest absolute Gasteiger partial charge is 0.412 e. The number of halogens is 1. The van der Waals surface area contributed by atoms with Gasteiger partial charge in [0.2, 0.25) is 0 Å². The largest absolute Gasteiger partial charge is 0.444 e. The van der Waals surface area contributed by atoms with Crippen LogP contribution in [0.1, 0.15) is 41.5 Å². The van der Waals surface area contributed by atoms with E-state index in [1.165, 1.54) is 0 Å². The molecule has 1 N–H and O–H groups in total. The van der Waals surface area contributed by atoms with Gasteiger partial charge in [-0.05, 0) is 59.7 Å². The summed E-state index contributed by atoms with van der Waals surface area (Å²) in [4.78, 5) is 28.0. The molecule has 0 bridgehead atoms. The molecule has 0 radical (unpaired) electrons. The van der Waals surface area contributed by atoms with Crippen LogP contribution in [0.5, 0.6) is 0 Å². The Bertz CT molecular complexity index is 717. The van der Waals surface area contributed by atoms with Crippen LogP contribution in [0.4, 0.5) is 21.0 Å². The molecule has 1 aliphatic rings. The van der Waals surface area contributed by atoms with Gasteiger partial charge in [0, 0.05) is 31.9 Å². The highest BCUT2D eigenvalue weighted by Gasteiger charge is 2.27. The molecule has 1 saturated heterocycles. The molecule has 1 fully saturated rings. The number of ether oxygens (including phenoxy) is 2. The SMILES string of the molecule is CC(C)(C)OC(=O)Nc1ccc(Cl)c(N2CCN(C(=O)OC(C)(C)C)CC2)c1. The number of rotatable bonds is 2. The van der Waals surface area contributed by atoms with Crippen LogP contribution in [0.2, 0.25) is 5.02 Å². The van der Waals surface area contributed by atoms with Gasteiger partial charge in [-0.3, -0.25) is 5.32 Å². The summed E-state index contributed by atoms with van der Waals surface area (Å²) >= 11 is 6.37. The fourth-order valence-corrected chi connectivity index (χ4v) is 2.95. The van der Waals surface area contributed by atoms with Crippen LogP contribution in [0, 0.1) is 0 Å². The maximum atomic E-state index is 12.2. The molecule has 1 heterocycles. The van der Waals surface area contributed by atoms with Crippen molar-refractivity contribution in [2.45, 2.75) is 52.7 Å². The molecular weight excluding hydrogens is 382 g/mol.